The van der Waals surface area contributed by atoms with E-state index in [4.69, 9.17) is 5.11 Å². The van der Waals surface area contributed by atoms with Crippen LogP contribution in [-0.2, 0) is 4.79 Å². The molecule has 6 heteroatoms. The Balaban J connectivity index is 1.85. The number of carboxylic acids is 1. The molecule has 19 heavy (non-hydrogen) atoms. The maximum absolute atomic E-state index is 12.1. The molecule has 2 saturated heterocycles. The van der Waals surface area contributed by atoms with Crippen LogP contribution in [0.2, 0.25) is 0 Å². The number of carbonyl (C=O) groups excluding carboxylic acids is 1. The molecule has 3 atom stereocenters. The van der Waals surface area contributed by atoms with Crippen molar-refractivity contribution in [3.8, 4) is 0 Å². The molecule has 0 saturated carbocycles. The van der Waals surface area contributed by atoms with Crippen LogP contribution in [0, 0.1) is 11.8 Å². The predicted octanol–water partition coefficient (Wildman–Crippen LogP) is 0.443. The summed E-state index contributed by atoms with van der Waals surface area (Å²) in [5, 5.41) is 12.1. The highest BCUT2D eigenvalue weighted by atomic mass is 16.4. The molecule has 0 aliphatic carbocycles. The number of hydrogen-bond donors (Lipinski definition) is 2. The first-order valence-electron chi connectivity index (χ1n) is 6.94. The lowest BCUT2D eigenvalue weighted by Gasteiger charge is -2.31. The number of aliphatic carboxylic acids is 1. The van der Waals surface area contributed by atoms with E-state index >= 15 is 0 Å². The Morgan fingerprint density at radius 1 is 1.26 bits per heavy atom. The largest absolute Gasteiger partial charge is 0.481 e. The van der Waals surface area contributed by atoms with E-state index in [0.29, 0.717) is 13.1 Å². The Hall–Kier alpha value is -1.30. The number of piperidine rings is 1. The summed E-state index contributed by atoms with van der Waals surface area (Å²) in [5.74, 6) is -1.21. The van der Waals surface area contributed by atoms with Crippen molar-refractivity contribution in [2.24, 2.45) is 11.8 Å². The van der Waals surface area contributed by atoms with Crippen LogP contribution in [0.1, 0.15) is 19.8 Å². The van der Waals surface area contributed by atoms with Gasteiger partial charge in [0, 0.05) is 25.7 Å². The molecule has 2 heterocycles. The number of rotatable bonds is 2. The quantitative estimate of drug-likeness (QED) is 0.763. The second-order valence-electron chi connectivity index (χ2n) is 5.88. The topological polar surface area (TPSA) is 72.9 Å². The molecule has 0 aromatic heterocycles. The number of urea groups is 1. The number of nitrogens with one attached hydrogen (secondary N) is 1. The standard InChI is InChI=1S/C13H23N3O3/c1-9-6-16(8-11(9)12(17)18)13(19)14-10-4-3-5-15(2)7-10/h9-11H,3-8H2,1-2H3,(H,14,19)(H,17,18)/t9-,10?,11-/m1/s1. The zero-order chi connectivity index (χ0) is 14.0. The van der Waals surface area contributed by atoms with Gasteiger partial charge in [-0.05, 0) is 32.4 Å². The normalized spacial score (nSPS) is 32.3. The minimum atomic E-state index is -0.805. The molecule has 0 aromatic rings. The van der Waals surface area contributed by atoms with Crippen LogP contribution in [0.25, 0.3) is 0 Å². The lowest BCUT2D eigenvalue weighted by atomic mass is 9.99. The fourth-order valence-electron chi connectivity index (χ4n) is 3.00. The lowest BCUT2D eigenvalue weighted by molar-refractivity contribution is -0.142. The average Bonchev–Trinajstić information content (AvgIpc) is 2.71. The minimum absolute atomic E-state index is 0.0253. The summed E-state index contributed by atoms with van der Waals surface area (Å²) in [5.41, 5.74) is 0. The Bertz CT molecular complexity index is 361. The first-order valence-corrected chi connectivity index (χ1v) is 6.94. The van der Waals surface area contributed by atoms with Gasteiger partial charge in [0.05, 0.1) is 5.92 Å². The zero-order valence-electron chi connectivity index (χ0n) is 11.6. The van der Waals surface area contributed by atoms with E-state index in [9.17, 15) is 9.59 Å². The van der Waals surface area contributed by atoms with Crippen molar-refractivity contribution in [3.05, 3.63) is 0 Å². The molecule has 2 aliphatic rings. The minimum Gasteiger partial charge on any atom is -0.481 e. The Morgan fingerprint density at radius 2 is 2.00 bits per heavy atom. The molecule has 0 bridgehead atoms. The molecule has 6 nitrogen and oxygen atoms in total. The highest BCUT2D eigenvalue weighted by molar-refractivity contribution is 5.77. The molecule has 0 aromatic carbocycles. The van der Waals surface area contributed by atoms with Crippen molar-refractivity contribution in [2.45, 2.75) is 25.8 Å². The van der Waals surface area contributed by atoms with Gasteiger partial charge in [-0.3, -0.25) is 4.79 Å². The molecule has 0 radical (unpaired) electrons. The summed E-state index contributed by atoms with van der Waals surface area (Å²) in [7, 11) is 2.05. The molecule has 0 spiro atoms. The van der Waals surface area contributed by atoms with Gasteiger partial charge in [-0.15, -0.1) is 0 Å². The van der Waals surface area contributed by atoms with E-state index in [1.165, 1.54) is 0 Å². The van der Waals surface area contributed by atoms with Gasteiger partial charge in [0.15, 0.2) is 0 Å². The van der Waals surface area contributed by atoms with Crippen LogP contribution in [0.15, 0.2) is 0 Å². The third-order valence-electron chi connectivity index (χ3n) is 4.17. The fourth-order valence-corrected chi connectivity index (χ4v) is 3.00. The predicted molar refractivity (Wildman–Crippen MR) is 70.9 cm³/mol. The van der Waals surface area contributed by atoms with Crippen molar-refractivity contribution in [2.75, 3.05) is 33.2 Å². The maximum atomic E-state index is 12.1. The average molecular weight is 269 g/mol. The number of carboxylic acid groups (broad SMARTS) is 1. The highest BCUT2D eigenvalue weighted by Crippen LogP contribution is 2.23. The zero-order valence-corrected chi connectivity index (χ0v) is 11.6. The molecule has 2 fully saturated rings. The smallest absolute Gasteiger partial charge is 0.317 e. The van der Waals surface area contributed by atoms with E-state index in [1.54, 1.807) is 4.90 Å². The SMILES string of the molecule is C[C@@H]1CN(C(=O)NC2CCCN(C)C2)C[C@H]1C(=O)O. The summed E-state index contributed by atoms with van der Waals surface area (Å²) >= 11 is 0. The van der Waals surface area contributed by atoms with E-state index in [1.807, 2.05) is 6.92 Å². The van der Waals surface area contributed by atoms with Crippen molar-refractivity contribution in [3.63, 3.8) is 0 Å². The van der Waals surface area contributed by atoms with Gasteiger partial charge in [-0.25, -0.2) is 4.79 Å². The summed E-state index contributed by atoms with van der Waals surface area (Å²) in [4.78, 5) is 27.0. The summed E-state index contributed by atoms with van der Waals surface area (Å²) in [6.07, 6.45) is 2.09. The lowest BCUT2D eigenvalue weighted by Crippen LogP contribution is -2.50. The second-order valence-corrected chi connectivity index (χ2v) is 5.88. The van der Waals surface area contributed by atoms with Crippen molar-refractivity contribution >= 4 is 12.0 Å². The molecular formula is C13H23N3O3. The Kier molecular flexibility index (Phi) is 4.29. The van der Waals surface area contributed by atoms with Crippen LogP contribution >= 0.6 is 0 Å². The van der Waals surface area contributed by atoms with Crippen molar-refractivity contribution in [1.82, 2.24) is 15.1 Å². The van der Waals surface area contributed by atoms with Gasteiger partial charge in [0.25, 0.3) is 0 Å². The van der Waals surface area contributed by atoms with Gasteiger partial charge >= 0.3 is 12.0 Å². The highest BCUT2D eigenvalue weighted by Gasteiger charge is 2.37. The third kappa shape index (κ3) is 3.37. The Labute approximate surface area is 113 Å². The van der Waals surface area contributed by atoms with Crippen LogP contribution in [0.4, 0.5) is 4.79 Å². The third-order valence-corrected chi connectivity index (χ3v) is 4.17. The van der Waals surface area contributed by atoms with E-state index in [0.717, 1.165) is 25.9 Å². The summed E-state index contributed by atoms with van der Waals surface area (Å²) in [6, 6.07) is 0.0707. The molecule has 2 N–H and O–H groups in total. The van der Waals surface area contributed by atoms with Gasteiger partial charge in [-0.1, -0.05) is 6.92 Å². The van der Waals surface area contributed by atoms with Gasteiger partial charge in [0.2, 0.25) is 0 Å². The van der Waals surface area contributed by atoms with E-state index < -0.39 is 11.9 Å². The van der Waals surface area contributed by atoms with Crippen LogP contribution < -0.4 is 5.32 Å². The van der Waals surface area contributed by atoms with E-state index in [-0.39, 0.29) is 18.0 Å². The molecule has 2 rings (SSSR count). The monoisotopic (exact) mass is 269 g/mol. The number of likely N-dealkylation sites (N-methyl/N-ethyl adjacent to an activating group) is 1. The number of nitrogens with zero attached hydrogens (tertiary/aromatic N) is 2. The molecule has 1 unspecified atom stereocenters. The maximum Gasteiger partial charge on any atom is 0.317 e. The molecule has 2 amide bonds. The second kappa shape index (κ2) is 5.77. The van der Waals surface area contributed by atoms with Crippen LogP contribution in [0.3, 0.4) is 0 Å². The van der Waals surface area contributed by atoms with E-state index in [2.05, 4.69) is 17.3 Å². The first-order chi connectivity index (χ1) is 8.97. The van der Waals surface area contributed by atoms with Gasteiger partial charge in [-0.2, -0.15) is 0 Å². The molecular weight excluding hydrogens is 246 g/mol. The summed E-state index contributed by atoms with van der Waals surface area (Å²) in [6.45, 7) is 4.70. The summed E-state index contributed by atoms with van der Waals surface area (Å²) < 4.78 is 0. The Morgan fingerprint density at radius 3 is 2.58 bits per heavy atom. The van der Waals surface area contributed by atoms with Crippen LogP contribution in [0.5, 0.6) is 0 Å². The van der Waals surface area contributed by atoms with Crippen molar-refractivity contribution < 1.29 is 14.7 Å². The van der Waals surface area contributed by atoms with Gasteiger partial charge in [0.1, 0.15) is 0 Å². The van der Waals surface area contributed by atoms with Crippen molar-refractivity contribution in [1.29, 1.82) is 0 Å². The molecule has 108 valence electrons. The number of amides is 2. The van der Waals surface area contributed by atoms with Crippen LogP contribution in [-0.4, -0.2) is 66.2 Å². The fraction of sp³-hybridized carbons (Fsp3) is 0.846. The number of hydrogen-bond acceptors (Lipinski definition) is 3. The number of likely N-dealkylation sites (tertiary alicyclic amines) is 2. The number of carbonyl (C=O) groups is 2. The first kappa shape index (κ1) is 14.1. The molecule has 2 aliphatic heterocycles. The van der Waals surface area contributed by atoms with Gasteiger partial charge < -0.3 is 20.2 Å².